The summed E-state index contributed by atoms with van der Waals surface area (Å²) >= 11 is 0. The highest BCUT2D eigenvalue weighted by Crippen LogP contribution is 2.42. The zero-order chi connectivity index (χ0) is 31.2. The van der Waals surface area contributed by atoms with Crippen molar-refractivity contribution >= 4 is 27.5 Å². The van der Waals surface area contributed by atoms with E-state index in [9.17, 15) is 49.2 Å². The molecule has 0 spiro atoms. The van der Waals surface area contributed by atoms with Crippen molar-refractivity contribution in [1.82, 2.24) is 0 Å². The van der Waals surface area contributed by atoms with Crippen LogP contribution >= 0.6 is 0 Å². The minimum absolute atomic E-state index is 0.00890. The van der Waals surface area contributed by atoms with Gasteiger partial charge in [-0.05, 0) is 64.1 Å². The summed E-state index contributed by atoms with van der Waals surface area (Å²) in [4.78, 5) is 11.3. The molecule has 0 radical (unpaired) electrons. The molecule has 3 rings (SSSR count). The molecule has 0 saturated heterocycles. The Labute approximate surface area is 230 Å². The summed E-state index contributed by atoms with van der Waals surface area (Å²) < 4.78 is 131. The van der Waals surface area contributed by atoms with E-state index in [0.29, 0.717) is 30.3 Å². The highest BCUT2D eigenvalue weighted by atomic mass is 32.2. The van der Waals surface area contributed by atoms with Crippen LogP contribution in [0, 0.1) is 22.6 Å². The quantitative estimate of drug-likeness (QED) is 0.368. The van der Waals surface area contributed by atoms with Crippen molar-refractivity contribution in [2.75, 3.05) is 16.2 Å². The number of nitriles is 1. The van der Waals surface area contributed by atoms with Gasteiger partial charge in [0.2, 0.25) is 5.60 Å². The van der Waals surface area contributed by atoms with Gasteiger partial charge in [-0.15, -0.1) is 0 Å². The van der Waals surface area contributed by atoms with E-state index in [2.05, 4.69) is 4.74 Å². The number of amides is 1. The van der Waals surface area contributed by atoms with Gasteiger partial charge in [-0.3, -0.25) is 9.62 Å². The van der Waals surface area contributed by atoms with Crippen molar-refractivity contribution in [3.63, 3.8) is 0 Å². The summed E-state index contributed by atoms with van der Waals surface area (Å²) in [6.45, 7) is 3.83. The molecule has 1 N–H and O–H groups in total. The molecule has 0 aromatic heterocycles. The van der Waals surface area contributed by atoms with E-state index in [4.69, 9.17) is 4.74 Å². The lowest BCUT2D eigenvalue weighted by Crippen LogP contribution is -2.45. The van der Waals surface area contributed by atoms with Crippen LogP contribution in [0.3, 0.4) is 0 Å². The summed E-state index contributed by atoms with van der Waals surface area (Å²) in [5.74, 6) is -1.81. The molecule has 0 bridgehead atoms. The predicted molar refractivity (Wildman–Crippen MR) is 131 cm³/mol. The molecular formula is C25H24F7N3O5S. The second-order valence-corrected chi connectivity index (χ2v) is 12.2. The fourth-order valence-corrected chi connectivity index (χ4v) is 5.31. The molecule has 0 aliphatic carbocycles. The van der Waals surface area contributed by atoms with Crippen LogP contribution in [0.2, 0.25) is 0 Å². The largest absolute Gasteiger partial charge is 0.486 e. The summed E-state index contributed by atoms with van der Waals surface area (Å²) in [7, 11) is -4.85. The van der Waals surface area contributed by atoms with Crippen molar-refractivity contribution in [3.8, 4) is 11.8 Å². The first-order valence-electron chi connectivity index (χ1n) is 11.8. The molecule has 2 aromatic rings. The third-order valence-corrected chi connectivity index (χ3v) is 7.82. The number of anilines is 2. The molecular weight excluding hydrogens is 587 g/mol. The number of nitrogens with zero attached hydrogens (tertiary/aromatic N) is 2. The van der Waals surface area contributed by atoms with Crippen LogP contribution in [-0.2, 0) is 20.9 Å². The smallest absolute Gasteiger partial charge is 0.427 e. The Morgan fingerprint density at radius 1 is 1.10 bits per heavy atom. The standard InChI is InChI=1S/C25H24F7N3O5S/c1-22(2,13-33)11-15-12-35(41(37,38)16-6-7-18(26)17(10-16)24(27,28)29)19-9-14(5-8-20(19)39-15)34-21(36)40-23(3,4)25(30,31)32/h5-10,15H,11-12H2,1-4H3,(H,34,36)/t15-/m1/s1. The molecule has 1 atom stereocenters. The number of hydrogen-bond donors (Lipinski definition) is 1. The van der Waals surface area contributed by atoms with E-state index in [1.165, 1.54) is 12.1 Å². The Kier molecular flexibility index (Phi) is 8.21. The molecule has 0 saturated carbocycles. The lowest BCUT2D eigenvalue weighted by Gasteiger charge is -2.37. The van der Waals surface area contributed by atoms with E-state index in [1.807, 2.05) is 11.4 Å². The first-order chi connectivity index (χ1) is 18.6. The molecule has 41 heavy (non-hydrogen) atoms. The highest BCUT2D eigenvalue weighted by Gasteiger charge is 2.51. The minimum atomic E-state index is -5.21. The zero-order valence-corrected chi connectivity index (χ0v) is 22.8. The molecule has 0 unspecified atom stereocenters. The van der Waals surface area contributed by atoms with Crippen molar-refractivity contribution < 1.29 is 53.4 Å². The van der Waals surface area contributed by atoms with E-state index >= 15 is 0 Å². The first kappa shape index (κ1) is 31.8. The third-order valence-electron chi connectivity index (χ3n) is 6.04. The predicted octanol–water partition coefficient (Wildman–Crippen LogP) is 6.63. The van der Waals surface area contributed by atoms with Crippen LogP contribution in [0.25, 0.3) is 0 Å². The summed E-state index contributed by atoms with van der Waals surface area (Å²) in [5, 5.41) is 11.5. The number of nitrogens with one attached hydrogen (secondary N) is 1. The maximum Gasteiger partial charge on any atom is 0.427 e. The number of fused-ring (bicyclic) bond motifs is 1. The van der Waals surface area contributed by atoms with Gasteiger partial charge in [-0.25, -0.2) is 17.6 Å². The number of carbonyl (C=O) groups excluding carboxylic acids is 1. The SMILES string of the molecule is CC(C)(C#N)C[C@@H]1CN(S(=O)(=O)c2ccc(F)c(C(F)(F)F)c2)c2cc(NC(=O)OC(C)(C)C(F)(F)F)ccc2O1. The molecule has 1 aliphatic heterocycles. The van der Waals surface area contributed by atoms with Crippen LogP contribution in [0.15, 0.2) is 41.3 Å². The van der Waals surface area contributed by atoms with E-state index in [-0.39, 0.29) is 29.6 Å². The monoisotopic (exact) mass is 611 g/mol. The number of benzene rings is 2. The van der Waals surface area contributed by atoms with Crippen molar-refractivity contribution in [1.29, 1.82) is 5.26 Å². The highest BCUT2D eigenvalue weighted by molar-refractivity contribution is 7.92. The molecule has 224 valence electrons. The van der Waals surface area contributed by atoms with Crippen LogP contribution < -0.4 is 14.4 Å². The number of sulfonamides is 1. The summed E-state index contributed by atoms with van der Waals surface area (Å²) in [5.41, 5.74) is -6.22. The molecule has 2 aromatic carbocycles. The van der Waals surface area contributed by atoms with E-state index < -0.39 is 68.4 Å². The van der Waals surface area contributed by atoms with Gasteiger partial charge in [0.05, 0.1) is 34.2 Å². The third kappa shape index (κ3) is 6.95. The fourth-order valence-electron chi connectivity index (χ4n) is 3.78. The van der Waals surface area contributed by atoms with Crippen molar-refractivity contribution in [3.05, 3.63) is 47.8 Å². The Morgan fingerprint density at radius 2 is 1.73 bits per heavy atom. The van der Waals surface area contributed by atoms with Gasteiger partial charge in [-0.2, -0.15) is 31.6 Å². The topological polar surface area (TPSA) is 109 Å². The molecule has 16 heteroatoms. The van der Waals surface area contributed by atoms with Gasteiger partial charge in [0, 0.05) is 12.1 Å². The number of carbonyl (C=O) groups is 1. The lowest BCUT2D eigenvalue weighted by molar-refractivity contribution is -0.242. The maximum atomic E-state index is 13.9. The van der Waals surface area contributed by atoms with Gasteiger partial charge in [-0.1, -0.05) is 0 Å². The average molecular weight is 612 g/mol. The van der Waals surface area contributed by atoms with E-state index in [0.717, 1.165) is 6.07 Å². The number of rotatable bonds is 6. The zero-order valence-electron chi connectivity index (χ0n) is 21.9. The summed E-state index contributed by atoms with van der Waals surface area (Å²) in [6, 6.07) is 6.51. The average Bonchev–Trinajstić information content (AvgIpc) is 2.81. The number of alkyl halides is 6. The molecule has 1 aliphatic rings. The minimum Gasteiger partial charge on any atom is -0.486 e. The fraction of sp³-hybridized carbons (Fsp3) is 0.440. The van der Waals surface area contributed by atoms with Gasteiger partial charge >= 0.3 is 18.4 Å². The number of ether oxygens (including phenoxy) is 2. The molecule has 1 amide bonds. The van der Waals surface area contributed by atoms with Gasteiger partial charge in [0.15, 0.2) is 0 Å². The van der Waals surface area contributed by atoms with E-state index in [1.54, 1.807) is 13.8 Å². The maximum absolute atomic E-state index is 13.9. The normalized spacial score (nSPS) is 16.3. The van der Waals surface area contributed by atoms with Crippen molar-refractivity contribution in [2.24, 2.45) is 5.41 Å². The van der Waals surface area contributed by atoms with Gasteiger partial charge in [0.25, 0.3) is 10.0 Å². The Morgan fingerprint density at radius 3 is 2.29 bits per heavy atom. The Balaban J connectivity index is 2.07. The van der Waals surface area contributed by atoms with Crippen LogP contribution in [0.5, 0.6) is 5.75 Å². The van der Waals surface area contributed by atoms with Crippen LogP contribution in [0.4, 0.5) is 46.9 Å². The Bertz CT molecular complexity index is 1480. The second kappa shape index (κ2) is 10.6. The van der Waals surface area contributed by atoms with Crippen molar-refractivity contribution in [2.45, 2.75) is 63.1 Å². The van der Waals surface area contributed by atoms with Crippen LogP contribution in [-0.4, -0.2) is 38.9 Å². The van der Waals surface area contributed by atoms with Gasteiger partial charge in [0.1, 0.15) is 17.7 Å². The first-order valence-corrected chi connectivity index (χ1v) is 13.2. The summed E-state index contributed by atoms with van der Waals surface area (Å²) in [6.07, 6.45) is -12.6. The number of hydrogen-bond acceptors (Lipinski definition) is 6. The lowest BCUT2D eigenvalue weighted by atomic mass is 9.88. The molecule has 0 fully saturated rings. The molecule has 1 heterocycles. The Hall–Kier alpha value is -3.74. The second-order valence-electron chi connectivity index (χ2n) is 10.3. The van der Waals surface area contributed by atoms with Gasteiger partial charge < -0.3 is 9.47 Å². The molecule has 8 nitrogen and oxygen atoms in total. The number of halogens is 7. The van der Waals surface area contributed by atoms with Crippen LogP contribution in [0.1, 0.15) is 39.7 Å².